The van der Waals surface area contributed by atoms with E-state index in [4.69, 9.17) is 0 Å². The average molecular weight is 157 g/mol. The van der Waals surface area contributed by atoms with Gasteiger partial charge in [-0.05, 0) is 25.7 Å². The zero-order valence-corrected chi connectivity index (χ0v) is 7.58. The second-order valence-electron chi connectivity index (χ2n) is 3.62. The number of rotatable bonds is 2. The van der Waals surface area contributed by atoms with Gasteiger partial charge in [0.15, 0.2) is 0 Å². The van der Waals surface area contributed by atoms with Crippen LogP contribution in [0.25, 0.3) is 0 Å². The summed E-state index contributed by atoms with van der Waals surface area (Å²) in [6.07, 6.45) is 8.70. The predicted octanol–water partition coefficient (Wildman–Crippen LogP) is 2.18. The van der Waals surface area contributed by atoms with Gasteiger partial charge in [-0.3, -0.25) is 4.67 Å². The van der Waals surface area contributed by atoms with Crippen LogP contribution in [0.3, 0.4) is 0 Å². The first kappa shape index (κ1) is 7.06. The molecular weight excluding hydrogens is 141 g/mol. The Labute approximate surface area is 65.4 Å². The molecule has 1 unspecified atom stereocenters. The average Bonchev–Trinajstić information content (AvgIpc) is 1.52. The van der Waals surface area contributed by atoms with E-state index in [0.717, 1.165) is 12.1 Å². The zero-order valence-electron chi connectivity index (χ0n) is 6.42. The summed E-state index contributed by atoms with van der Waals surface area (Å²) in [6.45, 7) is 0. The molecule has 0 aliphatic heterocycles. The molecule has 1 atom stereocenters. The molecule has 0 saturated heterocycles. The summed E-state index contributed by atoms with van der Waals surface area (Å²) in [5.74, 6) is 0. The quantitative estimate of drug-likeness (QED) is 0.555. The molecule has 2 aliphatic carbocycles. The highest BCUT2D eigenvalue weighted by Gasteiger charge is 2.30. The monoisotopic (exact) mass is 157 g/mol. The van der Waals surface area contributed by atoms with E-state index in [0.29, 0.717) is 0 Å². The first-order valence-electron chi connectivity index (χ1n) is 4.41. The molecule has 10 heavy (non-hydrogen) atoms. The molecule has 2 heteroatoms. The zero-order chi connectivity index (χ0) is 6.97. The number of nitrogens with zero attached hydrogens (tertiary/aromatic N) is 1. The molecule has 1 nitrogen and oxygen atoms in total. The second-order valence-corrected chi connectivity index (χ2v) is 4.21. The van der Waals surface area contributed by atoms with Crippen molar-refractivity contribution in [2.75, 3.05) is 0 Å². The highest BCUT2D eigenvalue weighted by molar-refractivity contribution is 7.13. The number of hydrogen-bond acceptors (Lipinski definition) is 1. The molecule has 2 saturated carbocycles. The minimum atomic E-state index is 0.926. The summed E-state index contributed by atoms with van der Waals surface area (Å²) in [5.41, 5.74) is 0. The van der Waals surface area contributed by atoms with Gasteiger partial charge in [0.05, 0.1) is 0 Å². The maximum absolute atomic E-state index is 2.91. The van der Waals surface area contributed by atoms with Gasteiger partial charge in [-0.2, -0.15) is 0 Å². The van der Waals surface area contributed by atoms with E-state index in [2.05, 4.69) is 14.1 Å². The van der Waals surface area contributed by atoms with Crippen LogP contribution in [0, 0.1) is 0 Å². The Balaban J connectivity index is 1.79. The number of hydrogen-bond donors (Lipinski definition) is 0. The van der Waals surface area contributed by atoms with Gasteiger partial charge in [-0.15, -0.1) is 0 Å². The van der Waals surface area contributed by atoms with Gasteiger partial charge < -0.3 is 0 Å². The van der Waals surface area contributed by atoms with Crippen LogP contribution in [-0.4, -0.2) is 16.8 Å². The lowest BCUT2D eigenvalue weighted by molar-refractivity contribution is 0.136. The van der Waals surface area contributed by atoms with Crippen molar-refractivity contribution in [1.29, 1.82) is 0 Å². The second kappa shape index (κ2) is 2.79. The highest BCUT2D eigenvalue weighted by atomic mass is 31.0. The molecule has 0 spiro atoms. The van der Waals surface area contributed by atoms with Crippen LogP contribution in [0.5, 0.6) is 0 Å². The van der Waals surface area contributed by atoms with Crippen molar-refractivity contribution >= 4 is 9.39 Å². The van der Waals surface area contributed by atoms with E-state index >= 15 is 0 Å². The first-order valence-corrected chi connectivity index (χ1v) is 4.92. The molecule has 0 bridgehead atoms. The van der Waals surface area contributed by atoms with Crippen LogP contribution in [-0.2, 0) is 0 Å². The third kappa shape index (κ3) is 1.10. The van der Waals surface area contributed by atoms with E-state index in [1.165, 1.54) is 38.5 Å². The largest absolute Gasteiger partial charge is 0.281 e. The van der Waals surface area contributed by atoms with Crippen molar-refractivity contribution < 1.29 is 0 Å². The molecule has 0 heterocycles. The van der Waals surface area contributed by atoms with Gasteiger partial charge in [0.1, 0.15) is 0 Å². The van der Waals surface area contributed by atoms with E-state index < -0.39 is 0 Å². The lowest BCUT2D eigenvalue weighted by Crippen LogP contribution is -2.43. The van der Waals surface area contributed by atoms with E-state index in [1.54, 1.807) is 0 Å². The molecule has 0 N–H and O–H groups in total. The summed E-state index contributed by atoms with van der Waals surface area (Å²) in [5, 5.41) is 0. The molecule has 0 amide bonds. The Kier molecular flexibility index (Phi) is 1.97. The minimum Gasteiger partial charge on any atom is -0.281 e. The fourth-order valence-corrected chi connectivity index (χ4v) is 2.26. The van der Waals surface area contributed by atoms with Crippen molar-refractivity contribution in [2.24, 2.45) is 0 Å². The van der Waals surface area contributed by atoms with Crippen molar-refractivity contribution in [3.05, 3.63) is 0 Å². The van der Waals surface area contributed by atoms with Crippen LogP contribution < -0.4 is 0 Å². The van der Waals surface area contributed by atoms with Gasteiger partial charge in [0, 0.05) is 12.1 Å². The molecule has 0 aromatic heterocycles. The van der Waals surface area contributed by atoms with Gasteiger partial charge in [0.2, 0.25) is 0 Å². The first-order chi connectivity index (χ1) is 4.88. The van der Waals surface area contributed by atoms with Crippen molar-refractivity contribution in [1.82, 2.24) is 4.67 Å². The topological polar surface area (TPSA) is 3.24 Å². The molecule has 0 aromatic rings. The molecule has 58 valence electrons. The Morgan fingerprint density at radius 1 is 0.900 bits per heavy atom. The fraction of sp³-hybridized carbons (Fsp3) is 1.00. The van der Waals surface area contributed by atoms with E-state index in [-0.39, 0.29) is 0 Å². The molecule has 0 aromatic carbocycles. The van der Waals surface area contributed by atoms with Crippen LogP contribution in [0.1, 0.15) is 38.5 Å². The smallest absolute Gasteiger partial charge is 0.0132 e. The Bertz CT molecular complexity index is 104. The molecule has 2 aliphatic rings. The van der Waals surface area contributed by atoms with Crippen molar-refractivity contribution in [3.63, 3.8) is 0 Å². The summed E-state index contributed by atoms with van der Waals surface area (Å²) in [6, 6.07) is 1.85. The summed E-state index contributed by atoms with van der Waals surface area (Å²) in [7, 11) is 2.91. The third-order valence-corrected chi connectivity index (χ3v) is 3.84. The van der Waals surface area contributed by atoms with Gasteiger partial charge >= 0.3 is 0 Å². The summed E-state index contributed by atoms with van der Waals surface area (Å²) in [4.78, 5) is 0. The highest BCUT2D eigenvalue weighted by Crippen LogP contribution is 2.35. The van der Waals surface area contributed by atoms with Crippen LogP contribution in [0.15, 0.2) is 0 Å². The van der Waals surface area contributed by atoms with Gasteiger partial charge in [-0.1, -0.05) is 22.2 Å². The standard InChI is InChI=1S/C8H16NP/c10-9(7-3-1-4-7)8-5-2-6-8/h7-8H,1-6,10H2. The Morgan fingerprint density at radius 2 is 1.30 bits per heavy atom. The maximum Gasteiger partial charge on any atom is 0.0132 e. The van der Waals surface area contributed by atoms with Crippen molar-refractivity contribution in [3.8, 4) is 0 Å². The molecule has 2 fully saturated rings. The third-order valence-electron chi connectivity index (χ3n) is 2.99. The Hall–Kier alpha value is 0.390. The molecular formula is C8H16NP. The van der Waals surface area contributed by atoms with E-state index in [9.17, 15) is 0 Å². The maximum atomic E-state index is 2.91. The van der Waals surface area contributed by atoms with Crippen LogP contribution in [0.4, 0.5) is 0 Å². The summed E-state index contributed by atoms with van der Waals surface area (Å²) >= 11 is 0. The van der Waals surface area contributed by atoms with Crippen LogP contribution in [0.2, 0.25) is 0 Å². The Morgan fingerprint density at radius 3 is 1.50 bits per heavy atom. The normalized spacial score (nSPS) is 28.2. The lowest BCUT2D eigenvalue weighted by atomic mass is 9.87. The lowest BCUT2D eigenvalue weighted by Gasteiger charge is -2.43. The fourth-order valence-electron chi connectivity index (χ4n) is 1.67. The molecule has 2 rings (SSSR count). The summed E-state index contributed by atoms with van der Waals surface area (Å²) < 4.78 is 2.53. The molecule has 0 radical (unpaired) electrons. The van der Waals surface area contributed by atoms with Gasteiger partial charge in [-0.25, -0.2) is 0 Å². The SMILES string of the molecule is PN(C1CCC1)C1CCC1. The van der Waals surface area contributed by atoms with Crippen LogP contribution >= 0.6 is 9.39 Å². The van der Waals surface area contributed by atoms with Gasteiger partial charge in [0.25, 0.3) is 0 Å². The van der Waals surface area contributed by atoms with E-state index in [1.807, 2.05) is 0 Å². The predicted molar refractivity (Wildman–Crippen MR) is 46.8 cm³/mol. The van der Waals surface area contributed by atoms with Crippen molar-refractivity contribution in [2.45, 2.75) is 50.6 Å². The minimum absolute atomic E-state index is 0.926.